The van der Waals surface area contributed by atoms with Crippen LogP contribution in [0.5, 0.6) is 0 Å². The van der Waals surface area contributed by atoms with Crippen molar-refractivity contribution < 1.29 is 4.42 Å². The summed E-state index contributed by atoms with van der Waals surface area (Å²) in [6.45, 7) is 2.56. The molecule has 0 aromatic carbocycles. The van der Waals surface area contributed by atoms with Crippen molar-refractivity contribution >= 4 is 11.5 Å². The second-order valence-electron chi connectivity index (χ2n) is 4.10. The Morgan fingerprint density at radius 1 is 1.32 bits per heavy atom. The summed E-state index contributed by atoms with van der Waals surface area (Å²) in [4.78, 5) is 0. The van der Waals surface area contributed by atoms with Gasteiger partial charge < -0.3 is 4.42 Å². The lowest BCUT2D eigenvalue weighted by Crippen LogP contribution is -2.00. The summed E-state index contributed by atoms with van der Waals surface area (Å²) in [5, 5.41) is 17.9. The van der Waals surface area contributed by atoms with E-state index in [0.717, 1.165) is 30.6 Å². The Bertz CT molecular complexity index is 644. The van der Waals surface area contributed by atoms with Crippen molar-refractivity contribution in [1.29, 1.82) is 0 Å². The van der Waals surface area contributed by atoms with Gasteiger partial charge in [-0.15, -0.1) is 15.3 Å². The molecule has 3 rings (SSSR count). The minimum Gasteiger partial charge on any atom is -0.426 e. The summed E-state index contributed by atoms with van der Waals surface area (Å²) in [5.74, 6) is 1.27. The summed E-state index contributed by atoms with van der Waals surface area (Å²) >= 11 is 1.41. The molecule has 0 aliphatic carbocycles. The lowest BCUT2D eigenvalue weighted by Gasteiger charge is -1.96. The quantitative estimate of drug-likeness (QED) is 0.705. The fraction of sp³-hybridized carbons (Fsp3) is 0.364. The zero-order chi connectivity index (χ0) is 13.1. The van der Waals surface area contributed by atoms with Crippen LogP contribution in [0, 0.1) is 6.92 Å². The van der Waals surface area contributed by atoms with Crippen LogP contribution in [0.4, 0.5) is 0 Å². The van der Waals surface area contributed by atoms with Gasteiger partial charge in [-0.1, -0.05) is 5.21 Å². The highest BCUT2D eigenvalue weighted by atomic mass is 32.1. The van der Waals surface area contributed by atoms with Gasteiger partial charge in [0, 0.05) is 30.8 Å². The Labute approximate surface area is 113 Å². The van der Waals surface area contributed by atoms with Gasteiger partial charge >= 0.3 is 0 Å². The van der Waals surface area contributed by atoms with E-state index < -0.39 is 0 Å². The molecule has 0 bridgehead atoms. The molecule has 7 nitrogen and oxygen atoms in total. The molecule has 0 spiro atoms. The van der Waals surface area contributed by atoms with Gasteiger partial charge in [0.1, 0.15) is 5.69 Å². The first-order valence-corrected chi connectivity index (χ1v) is 6.74. The molecule has 0 aliphatic heterocycles. The molecule has 3 aromatic heterocycles. The van der Waals surface area contributed by atoms with Gasteiger partial charge in [0.2, 0.25) is 11.8 Å². The van der Waals surface area contributed by atoms with Crippen LogP contribution in [0.25, 0.3) is 11.3 Å². The molecule has 0 saturated heterocycles. The van der Waals surface area contributed by atoms with E-state index in [2.05, 4.69) is 24.9 Å². The third-order valence-corrected chi connectivity index (χ3v) is 3.20. The van der Waals surface area contributed by atoms with Gasteiger partial charge in [0.25, 0.3) is 0 Å². The van der Waals surface area contributed by atoms with Crippen LogP contribution in [-0.2, 0) is 13.0 Å². The minimum absolute atomic E-state index is 0.600. The van der Waals surface area contributed by atoms with E-state index in [4.69, 9.17) is 4.42 Å². The second kappa shape index (κ2) is 5.27. The van der Waals surface area contributed by atoms with Crippen molar-refractivity contribution in [2.75, 3.05) is 0 Å². The Kier molecular flexibility index (Phi) is 3.32. The lowest BCUT2D eigenvalue weighted by atomic mass is 10.3. The normalized spacial score (nSPS) is 11.0. The van der Waals surface area contributed by atoms with E-state index >= 15 is 0 Å². The highest BCUT2D eigenvalue weighted by Crippen LogP contribution is 2.16. The largest absolute Gasteiger partial charge is 0.426 e. The molecular formula is C11H12N6OS. The van der Waals surface area contributed by atoms with Crippen LogP contribution in [0.2, 0.25) is 0 Å². The second-order valence-corrected chi connectivity index (χ2v) is 4.76. The molecule has 19 heavy (non-hydrogen) atoms. The molecule has 3 heterocycles. The molecule has 8 heteroatoms. The first kappa shape index (κ1) is 12.0. The molecule has 3 aromatic rings. The number of aryl methyl sites for hydroxylation is 3. The summed E-state index contributed by atoms with van der Waals surface area (Å²) < 4.78 is 11.2. The van der Waals surface area contributed by atoms with Gasteiger partial charge in [0.15, 0.2) is 0 Å². The topological polar surface area (TPSA) is 82.5 Å². The Morgan fingerprint density at radius 3 is 3.00 bits per heavy atom. The highest BCUT2D eigenvalue weighted by Gasteiger charge is 2.06. The van der Waals surface area contributed by atoms with Crippen molar-refractivity contribution in [1.82, 2.24) is 29.6 Å². The van der Waals surface area contributed by atoms with Crippen molar-refractivity contribution in [2.45, 2.75) is 26.3 Å². The zero-order valence-electron chi connectivity index (χ0n) is 10.4. The Morgan fingerprint density at radius 2 is 2.26 bits per heavy atom. The van der Waals surface area contributed by atoms with Crippen LogP contribution in [0.15, 0.2) is 22.2 Å². The average Bonchev–Trinajstić information content (AvgIpc) is 3.09. The fourth-order valence-electron chi connectivity index (χ4n) is 1.70. The molecule has 0 radical (unpaired) electrons. The van der Waals surface area contributed by atoms with E-state index in [0.29, 0.717) is 11.8 Å². The highest BCUT2D eigenvalue weighted by molar-refractivity contribution is 7.03. The number of hydrogen-bond acceptors (Lipinski definition) is 7. The van der Waals surface area contributed by atoms with Crippen molar-refractivity contribution in [2.24, 2.45) is 0 Å². The van der Waals surface area contributed by atoms with Gasteiger partial charge in [-0.25, -0.2) is 4.37 Å². The maximum atomic E-state index is 5.31. The van der Waals surface area contributed by atoms with Gasteiger partial charge in [-0.2, -0.15) is 0 Å². The van der Waals surface area contributed by atoms with Crippen molar-refractivity contribution in [3.63, 3.8) is 0 Å². The van der Waals surface area contributed by atoms with E-state index in [1.165, 1.54) is 11.5 Å². The molecule has 0 saturated carbocycles. The molecule has 0 amide bonds. The number of rotatable bonds is 5. The summed E-state index contributed by atoms with van der Waals surface area (Å²) in [5.41, 5.74) is 1.85. The van der Waals surface area contributed by atoms with Crippen LogP contribution in [0.3, 0.4) is 0 Å². The van der Waals surface area contributed by atoms with E-state index in [1.54, 1.807) is 13.1 Å². The van der Waals surface area contributed by atoms with Crippen LogP contribution >= 0.6 is 11.5 Å². The summed E-state index contributed by atoms with van der Waals surface area (Å²) in [7, 11) is 0. The number of nitrogens with zero attached hydrogens (tertiary/aromatic N) is 6. The maximum Gasteiger partial charge on any atom is 0.216 e. The SMILES string of the molecule is Cc1nnc(CCCn2cc(-c3cnsc3)nn2)o1. The maximum absolute atomic E-state index is 5.31. The minimum atomic E-state index is 0.600. The summed E-state index contributed by atoms with van der Waals surface area (Å²) in [6, 6.07) is 0. The van der Waals surface area contributed by atoms with Gasteiger partial charge in [-0.05, 0) is 18.0 Å². The van der Waals surface area contributed by atoms with Gasteiger partial charge in [0.05, 0.1) is 12.4 Å². The molecule has 0 aliphatic rings. The standard InChI is InChI=1S/C11H12N6OS/c1-8-13-15-11(18-8)3-2-4-17-6-10(14-16-17)9-5-12-19-7-9/h5-7H,2-4H2,1H3. The number of hydrogen-bond donors (Lipinski definition) is 0. The first-order chi connectivity index (χ1) is 9.31. The average molecular weight is 276 g/mol. The Hall–Kier alpha value is -2.09. The smallest absolute Gasteiger partial charge is 0.216 e. The van der Waals surface area contributed by atoms with E-state index in [9.17, 15) is 0 Å². The molecule has 98 valence electrons. The van der Waals surface area contributed by atoms with E-state index in [-0.39, 0.29) is 0 Å². The lowest BCUT2D eigenvalue weighted by molar-refractivity contribution is 0.447. The molecule has 0 fully saturated rings. The van der Waals surface area contributed by atoms with Crippen LogP contribution in [0.1, 0.15) is 18.2 Å². The van der Waals surface area contributed by atoms with Gasteiger partial charge in [-0.3, -0.25) is 4.68 Å². The van der Waals surface area contributed by atoms with Crippen molar-refractivity contribution in [3.05, 3.63) is 29.6 Å². The number of aromatic nitrogens is 6. The predicted octanol–water partition coefficient (Wildman–Crippen LogP) is 1.73. The summed E-state index contributed by atoms with van der Waals surface area (Å²) in [6.07, 6.45) is 5.34. The molecule has 0 unspecified atom stereocenters. The molecule has 0 N–H and O–H groups in total. The Balaban J connectivity index is 1.56. The third kappa shape index (κ3) is 2.84. The third-order valence-electron chi connectivity index (χ3n) is 2.61. The monoisotopic (exact) mass is 276 g/mol. The fourth-order valence-corrected chi connectivity index (χ4v) is 2.23. The molecular weight excluding hydrogens is 264 g/mol. The molecule has 0 atom stereocenters. The predicted molar refractivity (Wildman–Crippen MR) is 68.5 cm³/mol. The van der Waals surface area contributed by atoms with Crippen LogP contribution < -0.4 is 0 Å². The zero-order valence-corrected chi connectivity index (χ0v) is 11.2. The van der Waals surface area contributed by atoms with Crippen molar-refractivity contribution in [3.8, 4) is 11.3 Å². The van der Waals surface area contributed by atoms with Crippen LogP contribution in [-0.4, -0.2) is 29.6 Å². The first-order valence-electron chi connectivity index (χ1n) is 5.90. The van der Waals surface area contributed by atoms with E-state index in [1.807, 2.05) is 16.3 Å².